The minimum atomic E-state index is -1.07. The predicted octanol–water partition coefficient (Wildman–Crippen LogP) is 1.54. The largest absolute Gasteiger partial charge is 0.497 e. The van der Waals surface area contributed by atoms with Crippen LogP contribution in [0.3, 0.4) is 0 Å². The Bertz CT molecular complexity index is 498. The zero-order chi connectivity index (χ0) is 15.3. The molecular weight excluding hydrogens is 262 g/mol. The van der Waals surface area contributed by atoms with Crippen molar-refractivity contribution in [3.63, 3.8) is 0 Å². The second-order valence-electron chi connectivity index (χ2n) is 4.60. The van der Waals surface area contributed by atoms with Gasteiger partial charge in [-0.15, -0.1) is 0 Å². The Morgan fingerprint density at radius 1 is 1.20 bits per heavy atom. The van der Waals surface area contributed by atoms with E-state index in [9.17, 15) is 9.59 Å². The van der Waals surface area contributed by atoms with Crippen LogP contribution in [-0.2, 0) is 4.79 Å². The Kier molecular flexibility index (Phi) is 5.37. The van der Waals surface area contributed by atoms with Crippen LogP contribution in [0.4, 0.5) is 0 Å². The van der Waals surface area contributed by atoms with Crippen LogP contribution in [0.15, 0.2) is 18.2 Å². The number of hydrogen-bond donors (Lipinski definition) is 2. The van der Waals surface area contributed by atoms with Gasteiger partial charge < -0.3 is 19.9 Å². The summed E-state index contributed by atoms with van der Waals surface area (Å²) in [4.78, 5) is 23.2. The Labute approximate surface area is 117 Å². The molecule has 0 aromatic heterocycles. The van der Waals surface area contributed by atoms with Crippen molar-refractivity contribution in [3.8, 4) is 11.5 Å². The highest BCUT2D eigenvalue weighted by Crippen LogP contribution is 2.24. The van der Waals surface area contributed by atoms with E-state index in [1.165, 1.54) is 20.3 Å². The summed E-state index contributed by atoms with van der Waals surface area (Å²) in [5.74, 6) is -0.904. The topological polar surface area (TPSA) is 84.9 Å². The third-order valence-corrected chi connectivity index (χ3v) is 2.87. The van der Waals surface area contributed by atoms with Crippen molar-refractivity contribution in [3.05, 3.63) is 23.8 Å². The molecule has 0 aliphatic rings. The zero-order valence-corrected chi connectivity index (χ0v) is 12.0. The molecule has 1 atom stereocenters. The van der Waals surface area contributed by atoms with E-state index in [1.54, 1.807) is 26.0 Å². The number of amides is 1. The lowest BCUT2D eigenvalue weighted by Gasteiger charge is -2.18. The minimum absolute atomic E-state index is 0.222. The molecule has 6 nitrogen and oxygen atoms in total. The summed E-state index contributed by atoms with van der Waals surface area (Å²) in [5.41, 5.74) is 0.264. The molecule has 0 saturated heterocycles. The molecule has 0 heterocycles. The summed E-state index contributed by atoms with van der Waals surface area (Å²) >= 11 is 0. The van der Waals surface area contributed by atoms with Gasteiger partial charge in [-0.05, 0) is 18.1 Å². The smallest absolute Gasteiger partial charge is 0.326 e. The van der Waals surface area contributed by atoms with Crippen LogP contribution in [0.2, 0.25) is 0 Å². The van der Waals surface area contributed by atoms with E-state index in [0.29, 0.717) is 11.5 Å². The van der Waals surface area contributed by atoms with E-state index >= 15 is 0 Å². The van der Waals surface area contributed by atoms with Crippen LogP contribution in [0.1, 0.15) is 24.2 Å². The Morgan fingerprint density at radius 3 is 2.30 bits per heavy atom. The Hall–Kier alpha value is -2.24. The SMILES string of the molecule is COc1ccc(C(=O)NC(C(=O)O)C(C)C)c(OC)c1. The van der Waals surface area contributed by atoms with Crippen LogP contribution >= 0.6 is 0 Å². The number of carbonyl (C=O) groups excluding carboxylic acids is 1. The van der Waals surface area contributed by atoms with Gasteiger partial charge in [-0.3, -0.25) is 4.79 Å². The van der Waals surface area contributed by atoms with Crippen molar-refractivity contribution in [2.45, 2.75) is 19.9 Å². The Morgan fingerprint density at radius 2 is 1.85 bits per heavy atom. The quantitative estimate of drug-likeness (QED) is 0.826. The van der Waals surface area contributed by atoms with E-state index < -0.39 is 17.9 Å². The fraction of sp³-hybridized carbons (Fsp3) is 0.429. The highest BCUT2D eigenvalue weighted by atomic mass is 16.5. The first-order valence-corrected chi connectivity index (χ1v) is 6.16. The van der Waals surface area contributed by atoms with Gasteiger partial charge in [0.15, 0.2) is 0 Å². The number of benzene rings is 1. The van der Waals surface area contributed by atoms with Crippen molar-refractivity contribution < 1.29 is 24.2 Å². The number of nitrogens with one attached hydrogen (secondary N) is 1. The molecule has 1 aromatic carbocycles. The van der Waals surface area contributed by atoms with E-state index in [2.05, 4.69) is 5.32 Å². The van der Waals surface area contributed by atoms with Gasteiger partial charge in [0.05, 0.1) is 19.8 Å². The lowest BCUT2D eigenvalue weighted by molar-refractivity contribution is -0.140. The molecule has 0 bridgehead atoms. The van der Waals surface area contributed by atoms with Gasteiger partial charge in [-0.25, -0.2) is 4.79 Å². The Balaban J connectivity index is 3.00. The highest BCUT2D eigenvalue weighted by molar-refractivity contribution is 5.99. The van der Waals surface area contributed by atoms with Gasteiger partial charge >= 0.3 is 5.97 Å². The second kappa shape index (κ2) is 6.79. The first-order valence-electron chi connectivity index (χ1n) is 6.16. The number of rotatable bonds is 6. The average Bonchev–Trinajstić information content (AvgIpc) is 2.42. The predicted molar refractivity (Wildman–Crippen MR) is 73.3 cm³/mol. The van der Waals surface area contributed by atoms with Crippen molar-refractivity contribution in [2.24, 2.45) is 5.92 Å². The summed E-state index contributed by atoms with van der Waals surface area (Å²) in [5, 5.41) is 11.6. The third kappa shape index (κ3) is 3.63. The van der Waals surface area contributed by atoms with Crippen LogP contribution in [0, 0.1) is 5.92 Å². The summed E-state index contributed by atoms with van der Waals surface area (Å²) in [7, 11) is 2.94. The molecule has 0 aliphatic heterocycles. The molecule has 0 saturated carbocycles. The molecule has 0 radical (unpaired) electrons. The van der Waals surface area contributed by atoms with Gasteiger partial charge in [-0.2, -0.15) is 0 Å². The number of aliphatic carboxylic acids is 1. The van der Waals surface area contributed by atoms with Gasteiger partial charge in [0, 0.05) is 6.07 Å². The van der Waals surface area contributed by atoms with Crippen LogP contribution in [0.25, 0.3) is 0 Å². The van der Waals surface area contributed by atoms with E-state index in [-0.39, 0.29) is 11.5 Å². The monoisotopic (exact) mass is 281 g/mol. The molecule has 1 unspecified atom stereocenters. The van der Waals surface area contributed by atoms with Crippen LogP contribution in [0.5, 0.6) is 11.5 Å². The fourth-order valence-electron chi connectivity index (χ4n) is 1.72. The minimum Gasteiger partial charge on any atom is -0.497 e. The molecule has 0 aliphatic carbocycles. The van der Waals surface area contributed by atoms with Gasteiger partial charge in [0.25, 0.3) is 5.91 Å². The molecule has 20 heavy (non-hydrogen) atoms. The van der Waals surface area contributed by atoms with Gasteiger partial charge in [-0.1, -0.05) is 13.8 Å². The normalized spacial score (nSPS) is 11.8. The summed E-state index contributed by atoms with van der Waals surface area (Å²) < 4.78 is 10.2. The number of methoxy groups -OCH3 is 2. The maximum atomic E-state index is 12.1. The number of carboxylic acids is 1. The molecular formula is C14H19NO5. The lowest BCUT2D eigenvalue weighted by atomic mass is 10.0. The second-order valence-corrected chi connectivity index (χ2v) is 4.60. The molecule has 110 valence electrons. The average molecular weight is 281 g/mol. The first kappa shape index (κ1) is 15.8. The molecule has 2 N–H and O–H groups in total. The molecule has 1 amide bonds. The van der Waals surface area contributed by atoms with Crippen molar-refractivity contribution in [2.75, 3.05) is 14.2 Å². The maximum Gasteiger partial charge on any atom is 0.326 e. The van der Waals surface area contributed by atoms with Crippen molar-refractivity contribution >= 4 is 11.9 Å². The summed E-state index contributed by atoms with van der Waals surface area (Å²) in [6.45, 7) is 3.45. The molecule has 1 rings (SSSR count). The lowest BCUT2D eigenvalue weighted by Crippen LogP contribution is -2.44. The molecule has 0 fully saturated rings. The standard InChI is InChI=1S/C14H19NO5/c1-8(2)12(14(17)18)15-13(16)10-6-5-9(19-3)7-11(10)20-4/h5-8,12H,1-4H3,(H,15,16)(H,17,18). The van der Waals surface area contributed by atoms with Gasteiger partial charge in [0.1, 0.15) is 17.5 Å². The number of hydrogen-bond acceptors (Lipinski definition) is 4. The molecule has 0 spiro atoms. The van der Waals surface area contributed by atoms with Crippen LogP contribution < -0.4 is 14.8 Å². The number of carboxylic acid groups (broad SMARTS) is 1. The van der Waals surface area contributed by atoms with Gasteiger partial charge in [0.2, 0.25) is 0 Å². The summed E-state index contributed by atoms with van der Waals surface area (Å²) in [6, 6.07) is 3.77. The highest BCUT2D eigenvalue weighted by Gasteiger charge is 2.25. The fourth-order valence-corrected chi connectivity index (χ4v) is 1.72. The zero-order valence-electron chi connectivity index (χ0n) is 12.0. The third-order valence-electron chi connectivity index (χ3n) is 2.87. The molecule has 6 heteroatoms. The van der Waals surface area contributed by atoms with Crippen molar-refractivity contribution in [1.29, 1.82) is 0 Å². The molecule has 1 aromatic rings. The maximum absolute atomic E-state index is 12.1. The number of carbonyl (C=O) groups is 2. The first-order chi connectivity index (χ1) is 9.40. The van der Waals surface area contributed by atoms with E-state index in [1.807, 2.05) is 0 Å². The van der Waals surface area contributed by atoms with Crippen molar-refractivity contribution in [1.82, 2.24) is 5.32 Å². The van der Waals surface area contributed by atoms with E-state index in [0.717, 1.165) is 0 Å². The van der Waals surface area contributed by atoms with E-state index in [4.69, 9.17) is 14.6 Å². The summed E-state index contributed by atoms with van der Waals surface area (Å²) in [6.07, 6.45) is 0. The number of ether oxygens (including phenoxy) is 2. The van der Waals surface area contributed by atoms with Crippen LogP contribution in [-0.4, -0.2) is 37.2 Å².